The van der Waals surface area contributed by atoms with Crippen LogP contribution in [0, 0.1) is 12.8 Å². The number of carbonyl (C=O) groups is 1. The highest BCUT2D eigenvalue weighted by Crippen LogP contribution is 2.31. The van der Waals surface area contributed by atoms with Gasteiger partial charge in [0.15, 0.2) is 0 Å². The number of hydrogen-bond donors (Lipinski definition) is 1. The van der Waals surface area contributed by atoms with Crippen molar-refractivity contribution in [2.45, 2.75) is 39.0 Å². The first-order valence-electron chi connectivity index (χ1n) is 10.8. The highest BCUT2D eigenvalue weighted by molar-refractivity contribution is 6.30. The molecular formula is C25H26ClN3O3. The summed E-state index contributed by atoms with van der Waals surface area (Å²) in [5.74, 6) is 0.878. The van der Waals surface area contributed by atoms with Crippen molar-refractivity contribution in [2.24, 2.45) is 5.92 Å². The number of anilines is 1. The van der Waals surface area contributed by atoms with E-state index in [2.05, 4.69) is 10.4 Å². The van der Waals surface area contributed by atoms with Crippen LogP contribution in [0.1, 0.15) is 37.8 Å². The Bertz CT molecular complexity index is 1180. The van der Waals surface area contributed by atoms with E-state index in [9.17, 15) is 9.59 Å². The SMILES string of the molecule is COc1ccc(-c2c(NC(=O)C3CCCCC3)n(-c3cccc(Cl)c3)nc(C)c2=O)cc1. The zero-order valence-electron chi connectivity index (χ0n) is 18.2. The van der Waals surface area contributed by atoms with Gasteiger partial charge in [0.1, 0.15) is 17.3 Å². The fourth-order valence-corrected chi connectivity index (χ4v) is 4.34. The van der Waals surface area contributed by atoms with Crippen LogP contribution in [0.4, 0.5) is 5.82 Å². The molecule has 0 saturated heterocycles. The summed E-state index contributed by atoms with van der Waals surface area (Å²) in [5.41, 5.74) is 1.83. The molecule has 1 aliphatic rings. The summed E-state index contributed by atoms with van der Waals surface area (Å²) in [6.45, 7) is 1.67. The number of ether oxygens (including phenoxy) is 1. The molecule has 6 nitrogen and oxygen atoms in total. The number of benzene rings is 2. The van der Waals surface area contributed by atoms with Crippen LogP contribution in [-0.4, -0.2) is 22.8 Å². The smallest absolute Gasteiger partial charge is 0.228 e. The Morgan fingerprint density at radius 2 is 1.84 bits per heavy atom. The fourth-order valence-electron chi connectivity index (χ4n) is 4.16. The van der Waals surface area contributed by atoms with Crippen molar-refractivity contribution in [3.63, 3.8) is 0 Å². The van der Waals surface area contributed by atoms with Crippen LogP contribution >= 0.6 is 11.6 Å². The Balaban J connectivity index is 1.90. The molecule has 1 heterocycles. The van der Waals surface area contributed by atoms with Gasteiger partial charge in [-0.25, -0.2) is 4.68 Å². The number of nitrogens with one attached hydrogen (secondary N) is 1. The lowest BCUT2D eigenvalue weighted by molar-refractivity contribution is -0.120. The molecule has 0 aliphatic heterocycles. The van der Waals surface area contributed by atoms with E-state index in [-0.39, 0.29) is 17.3 Å². The molecule has 0 bridgehead atoms. The largest absolute Gasteiger partial charge is 0.497 e. The Hall–Kier alpha value is -3.12. The van der Waals surface area contributed by atoms with E-state index in [1.54, 1.807) is 43.0 Å². The maximum atomic E-state index is 13.3. The van der Waals surface area contributed by atoms with Crippen LogP contribution in [-0.2, 0) is 4.79 Å². The summed E-state index contributed by atoms with van der Waals surface area (Å²) in [7, 11) is 1.59. The highest BCUT2D eigenvalue weighted by atomic mass is 35.5. The predicted octanol–water partition coefficient (Wildman–Crippen LogP) is 5.39. The topological polar surface area (TPSA) is 73.2 Å². The second kappa shape index (κ2) is 9.57. The summed E-state index contributed by atoms with van der Waals surface area (Å²) in [6, 6.07) is 14.4. The van der Waals surface area contributed by atoms with Gasteiger partial charge in [-0.05, 0) is 55.7 Å². The quantitative estimate of drug-likeness (QED) is 0.564. The third-order valence-electron chi connectivity index (χ3n) is 5.90. The van der Waals surface area contributed by atoms with E-state index in [0.29, 0.717) is 39.1 Å². The number of aryl methyl sites for hydroxylation is 1. The molecule has 0 atom stereocenters. The average Bonchev–Trinajstić information content (AvgIpc) is 2.82. The van der Waals surface area contributed by atoms with Gasteiger partial charge in [0.25, 0.3) is 0 Å². The molecule has 0 radical (unpaired) electrons. The van der Waals surface area contributed by atoms with E-state index >= 15 is 0 Å². The number of halogens is 1. The third-order valence-corrected chi connectivity index (χ3v) is 6.14. The monoisotopic (exact) mass is 451 g/mol. The molecule has 166 valence electrons. The van der Waals surface area contributed by atoms with Gasteiger partial charge >= 0.3 is 0 Å². The first-order chi connectivity index (χ1) is 15.5. The molecule has 1 N–H and O–H groups in total. The zero-order valence-corrected chi connectivity index (χ0v) is 19.0. The minimum absolute atomic E-state index is 0.0725. The van der Waals surface area contributed by atoms with Crippen molar-refractivity contribution < 1.29 is 9.53 Å². The lowest BCUT2D eigenvalue weighted by atomic mass is 9.88. The summed E-state index contributed by atoms with van der Waals surface area (Å²) < 4.78 is 6.86. The van der Waals surface area contributed by atoms with E-state index in [1.807, 2.05) is 24.3 Å². The van der Waals surface area contributed by atoms with Crippen LogP contribution in [0.2, 0.25) is 5.02 Å². The molecule has 1 aliphatic carbocycles. The molecule has 1 amide bonds. The van der Waals surface area contributed by atoms with Crippen molar-refractivity contribution in [3.05, 3.63) is 69.5 Å². The van der Waals surface area contributed by atoms with Gasteiger partial charge in [0.05, 0.1) is 18.4 Å². The van der Waals surface area contributed by atoms with Gasteiger partial charge in [0, 0.05) is 10.9 Å². The molecule has 7 heteroatoms. The summed E-state index contributed by atoms with van der Waals surface area (Å²) in [4.78, 5) is 26.5. The molecule has 0 unspecified atom stereocenters. The van der Waals surface area contributed by atoms with Gasteiger partial charge in [-0.1, -0.05) is 49.1 Å². The summed E-state index contributed by atoms with van der Waals surface area (Å²) >= 11 is 6.23. The van der Waals surface area contributed by atoms with Crippen LogP contribution in [0.5, 0.6) is 5.75 Å². The maximum absolute atomic E-state index is 13.3. The van der Waals surface area contributed by atoms with Crippen LogP contribution in [0.3, 0.4) is 0 Å². The molecule has 2 aromatic carbocycles. The minimum Gasteiger partial charge on any atom is -0.497 e. The molecule has 4 rings (SSSR count). The molecule has 3 aromatic rings. The summed E-state index contributed by atoms with van der Waals surface area (Å²) in [5, 5.41) is 8.10. The number of carbonyl (C=O) groups excluding carboxylic acids is 1. The molecule has 1 saturated carbocycles. The van der Waals surface area contributed by atoms with E-state index in [1.165, 1.54) is 0 Å². The Labute approximate surface area is 192 Å². The third kappa shape index (κ3) is 4.55. The first-order valence-corrected chi connectivity index (χ1v) is 11.2. The second-order valence-corrected chi connectivity index (χ2v) is 8.52. The average molecular weight is 452 g/mol. The fraction of sp³-hybridized carbons (Fsp3) is 0.320. The lowest BCUT2D eigenvalue weighted by Crippen LogP contribution is -2.29. The summed E-state index contributed by atoms with van der Waals surface area (Å²) in [6.07, 6.45) is 4.93. The zero-order chi connectivity index (χ0) is 22.7. The van der Waals surface area contributed by atoms with Gasteiger partial charge in [-0.15, -0.1) is 0 Å². The molecule has 32 heavy (non-hydrogen) atoms. The van der Waals surface area contributed by atoms with Crippen molar-refractivity contribution >= 4 is 23.3 Å². The van der Waals surface area contributed by atoms with Crippen molar-refractivity contribution in [3.8, 4) is 22.6 Å². The van der Waals surface area contributed by atoms with E-state index in [0.717, 1.165) is 32.1 Å². The van der Waals surface area contributed by atoms with Gasteiger partial charge in [-0.2, -0.15) is 5.10 Å². The van der Waals surface area contributed by atoms with Gasteiger partial charge in [0.2, 0.25) is 11.3 Å². The van der Waals surface area contributed by atoms with E-state index in [4.69, 9.17) is 16.3 Å². The first kappa shape index (κ1) is 22.1. The number of aromatic nitrogens is 2. The maximum Gasteiger partial charge on any atom is 0.228 e. The Morgan fingerprint density at radius 3 is 2.50 bits per heavy atom. The van der Waals surface area contributed by atoms with Gasteiger partial charge < -0.3 is 10.1 Å². The molecule has 1 fully saturated rings. The van der Waals surface area contributed by atoms with Crippen LogP contribution in [0.25, 0.3) is 16.8 Å². The Morgan fingerprint density at radius 1 is 1.12 bits per heavy atom. The number of amides is 1. The van der Waals surface area contributed by atoms with Crippen LogP contribution in [0.15, 0.2) is 53.3 Å². The lowest BCUT2D eigenvalue weighted by Gasteiger charge is -2.23. The number of rotatable bonds is 5. The number of nitrogens with zero attached hydrogens (tertiary/aromatic N) is 2. The molecular weight excluding hydrogens is 426 g/mol. The minimum atomic E-state index is -0.229. The van der Waals surface area contributed by atoms with Crippen LogP contribution < -0.4 is 15.5 Å². The van der Waals surface area contributed by atoms with Crippen molar-refractivity contribution in [2.75, 3.05) is 12.4 Å². The normalized spacial score (nSPS) is 14.2. The van der Waals surface area contributed by atoms with Crippen molar-refractivity contribution in [1.29, 1.82) is 0 Å². The Kier molecular flexibility index (Phi) is 6.61. The molecule has 1 aromatic heterocycles. The number of methoxy groups -OCH3 is 1. The number of hydrogen-bond acceptors (Lipinski definition) is 4. The highest BCUT2D eigenvalue weighted by Gasteiger charge is 2.25. The van der Waals surface area contributed by atoms with E-state index < -0.39 is 0 Å². The van der Waals surface area contributed by atoms with Gasteiger partial charge in [-0.3, -0.25) is 9.59 Å². The second-order valence-electron chi connectivity index (χ2n) is 8.08. The standard InChI is InChI=1S/C25H26ClN3O3/c1-16-23(30)22(17-11-13-21(32-2)14-12-17)24(27-25(31)18-7-4-3-5-8-18)29(28-16)20-10-6-9-19(26)15-20/h6,9-15,18H,3-5,7-8H2,1-2H3,(H,27,31). The van der Waals surface area contributed by atoms with Crippen molar-refractivity contribution in [1.82, 2.24) is 9.78 Å². The molecule has 0 spiro atoms. The predicted molar refractivity (Wildman–Crippen MR) is 127 cm³/mol.